The van der Waals surface area contributed by atoms with Crippen molar-refractivity contribution < 1.29 is 4.74 Å². The Bertz CT molecular complexity index is 1050. The van der Waals surface area contributed by atoms with E-state index in [1.54, 1.807) is 7.11 Å². The van der Waals surface area contributed by atoms with Gasteiger partial charge in [-0.15, -0.1) is 0 Å². The molecular weight excluding hydrogens is 430 g/mol. The molecule has 33 heavy (non-hydrogen) atoms. The quantitative estimate of drug-likeness (QED) is 0.348. The summed E-state index contributed by atoms with van der Waals surface area (Å²) in [5.41, 5.74) is 6.20. The van der Waals surface area contributed by atoms with Crippen LogP contribution in [0, 0.1) is 13.8 Å². The third kappa shape index (κ3) is 5.12. The molecule has 1 aromatic heterocycles. The van der Waals surface area contributed by atoms with Crippen LogP contribution in [-0.2, 0) is 13.1 Å². The lowest BCUT2D eigenvalue weighted by molar-refractivity contribution is 0.137. The zero-order chi connectivity index (χ0) is 23.4. The Morgan fingerprint density at radius 2 is 1.79 bits per heavy atom. The molecule has 0 amide bonds. The maximum atomic E-state index is 6.86. The Hall–Kier alpha value is -2.30. The SMILES string of the molecule is CCCCn1c(-c2c(C)cccc2C)nc(Cl)c1CN1CCCC[C@H]1c1ccc(OC)cc1. The van der Waals surface area contributed by atoms with Crippen LogP contribution < -0.4 is 4.74 Å². The average Bonchev–Trinajstić information content (AvgIpc) is 3.12. The highest BCUT2D eigenvalue weighted by Gasteiger charge is 2.28. The van der Waals surface area contributed by atoms with Crippen molar-refractivity contribution in [3.8, 4) is 17.1 Å². The second-order valence-electron chi connectivity index (χ2n) is 9.20. The van der Waals surface area contributed by atoms with Crippen molar-refractivity contribution in [2.24, 2.45) is 0 Å². The summed E-state index contributed by atoms with van der Waals surface area (Å²) in [5.74, 6) is 1.91. The van der Waals surface area contributed by atoms with Gasteiger partial charge < -0.3 is 9.30 Å². The van der Waals surface area contributed by atoms with Gasteiger partial charge in [0.15, 0.2) is 5.15 Å². The number of methoxy groups -OCH3 is 1. The van der Waals surface area contributed by atoms with E-state index in [0.717, 1.165) is 56.2 Å². The molecule has 0 spiro atoms. The number of rotatable bonds is 8. The molecule has 0 radical (unpaired) electrons. The fraction of sp³-hybridized carbons (Fsp3) is 0.464. The van der Waals surface area contributed by atoms with E-state index in [1.165, 1.54) is 35.1 Å². The highest BCUT2D eigenvalue weighted by Crippen LogP contribution is 2.36. The monoisotopic (exact) mass is 465 g/mol. The molecule has 5 heteroatoms. The van der Waals surface area contributed by atoms with Crippen LogP contribution in [0.1, 0.15) is 67.5 Å². The minimum absolute atomic E-state index is 0.388. The van der Waals surface area contributed by atoms with Gasteiger partial charge in [-0.25, -0.2) is 4.98 Å². The van der Waals surface area contributed by atoms with Crippen molar-refractivity contribution in [3.05, 3.63) is 70.0 Å². The van der Waals surface area contributed by atoms with Gasteiger partial charge in [0.1, 0.15) is 11.6 Å². The summed E-state index contributed by atoms with van der Waals surface area (Å²) in [5, 5.41) is 0.641. The van der Waals surface area contributed by atoms with Crippen LogP contribution in [0.3, 0.4) is 0 Å². The lowest BCUT2D eigenvalue weighted by atomic mass is 9.95. The molecule has 4 nitrogen and oxygen atoms in total. The highest BCUT2D eigenvalue weighted by atomic mass is 35.5. The Balaban J connectivity index is 1.70. The number of unbranched alkanes of at least 4 members (excludes halogenated alkanes) is 1. The van der Waals surface area contributed by atoms with Crippen LogP contribution >= 0.6 is 11.6 Å². The Morgan fingerprint density at radius 3 is 2.45 bits per heavy atom. The molecule has 3 aromatic rings. The fourth-order valence-corrected chi connectivity index (χ4v) is 5.34. The number of hydrogen-bond donors (Lipinski definition) is 0. The normalized spacial score (nSPS) is 16.8. The van der Waals surface area contributed by atoms with E-state index in [-0.39, 0.29) is 0 Å². The maximum Gasteiger partial charge on any atom is 0.152 e. The van der Waals surface area contributed by atoms with Gasteiger partial charge in [-0.3, -0.25) is 4.90 Å². The summed E-state index contributed by atoms with van der Waals surface area (Å²) < 4.78 is 7.76. The third-order valence-corrected chi connectivity index (χ3v) is 7.23. The van der Waals surface area contributed by atoms with Crippen LogP contribution in [0.4, 0.5) is 0 Å². The predicted octanol–water partition coefficient (Wildman–Crippen LogP) is 7.36. The van der Waals surface area contributed by atoms with Gasteiger partial charge in [-0.1, -0.05) is 61.7 Å². The second-order valence-corrected chi connectivity index (χ2v) is 9.56. The van der Waals surface area contributed by atoms with E-state index >= 15 is 0 Å². The number of ether oxygens (including phenoxy) is 1. The van der Waals surface area contributed by atoms with Crippen LogP contribution in [0.15, 0.2) is 42.5 Å². The van der Waals surface area contributed by atoms with Crippen LogP contribution in [-0.4, -0.2) is 28.1 Å². The van der Waals surface area contributed by atoms with E-state index < -0.39 is 0 Å². The summed E-state index contributed by atoms with van der Waals surface area (Å²) in [6.45, 7) is 9.40. The lowest BCUT2D eigenvalue weighted by Gasteiger charge is -2.36. The Kier molecular flexibility index (Phi) is 7.77. The number of likely N-dealkylation sites (tertiary alicyclic amines) is 1. The molecule has 1 fully saturated rings. The number of piperidine rings is 1. The van der Waals surface area contributed by atoms with Gasteiger partial charge >= 0.3 is 0 Å². The molecule has 0 N–H and O–H groups in total. The van der Waals surface area contributed by atoms with E-state index in [1.807, 2.05) is 0 Å². The first-order valence-electron chi connectivity index (χ1n) is 12.2. The van der Waals surface area contributed by atoms with Crippen molar-refractivity contribution >= 4 is 11.6 Å². The molecule has 2 heterocycles. The van der Waals surface area contributed by atoms with Crippen molar-refractivity contribution in [1.82, 2.24) is 14.5 Å². The van der Waals surface area contributed by atoms with Crippen molar-refractivity contribution in [2.45, 2.75) is 72.0 Å². The number of imidazole rings is 1. The van der Waals surface area contributed by atoms with Crippen molar-refractivity contribution in [3.63, 3.8) is 0 Å². The standard InChI is InChI=1S/C28H36ClN3O/c1-5-6-18-32-25(27(29)30-28(32)26-20(2)10-9-11-21(26)3)19-31-17-8-7-12-24(31)22-13-15-23(33-4)16-14-22/h9-11,13-16,24H,5-8,12,17-19H2,1-4H3/t24-/m0/s1. The van der Waals surface area contributed by atoms with Crippen LogP contribution in [0.25, 0.3) is 11.4 Å². The molecule has 1 atom stereocenters. The summed E-state index contributed by atoms with van der Waals surface area (Å²) in [4.78, 5) is 7.51. The molecule has 0 aliphatic carbocycles. The van der Waals surface area contributed by atoms with Gasteiger partial charge in [0.05, 0.1) is 12.8 Å². The molecule has 0 saturated carbocycles. The number of hydrogen-bond acceptors (Lipinski definition) is 3. The first-order valence-corrected chi connectivity index (χ1v) is 12.6. The van der Waals surface area contributed by atoms with Gasteiger partial charge in [0.2, 0.25) is 0 Å². The summed E-state index contributed by atoms with van der Waals surface area (Å²) in [6.07, 6.45) is 5.89. The molecule has 1 aliphatic heterocycles. The van der Waals surface area contributed by atoms with Crippen LogP contribution in [0.2, 0.25) is 5.15 Å². The number of halogens is 1. The summed E-state index contributed by atoms with van der Waals surface area (Å²) in [7, 11) is 1.72. The minimum atomic E-state index is 0.388. The average molecular weight is 466 g/mol. The van der Waals surface area contributed by atoms with Crippen LogP contribution in [0.5, 0.6) is 5.75 Å². The molecule has 176 valence electrons. The highest BCUT2D eigenvalue weighted by molar-refractivity contribution is 6.30. The Labute approximate surface area is 203 Å². The third-order valence-electron chi connectivity index (χ3n) is 6.93. The second kappa shape index (κ2) is 10.8. The Morgan fingerprint density at radius 1 is 1.06 bits per heavy atom. The number of benzene rings is 2. The number of nitrogens with zero attached hydrogens (tertiary/aromatic N) is 3. The largest absolute Gasteiger partial charge is 0.497 e. The first-order chi connectivity index (χ1) is 16.0. The predicted molar refractivity (Wildman–Crippen MR) is 137 cm³/mol. The van der Waals surface area contributed by atoms with Gasteiger partial charge in [0.25, 0.3) is 0 Å². The van der Waals surface area contributed by atoms with Crippen molar-refractivity contribution in [2.75, 3.05) is 13.7 Å². The number of aryl methyl sites for hydroxylation is 2. The number of aromatic nitrogens is 2. The van der Waals surface area contributed by atoms with E-state index in [0.29, 0.717) is 11.2 Å². The summed E-state index contributed by atoms with van der Waals surface area (Å²) in [6, 6.07) is 15.4. The topological polar surface area (TPSA) is 30.3 Å². The van der Waals surface area contributed by atoms with Crippen molar-refractivity contribution in [1.29, 1.82) is 0 Å². The zero-order valence-electron chi connectivity index (χ0n) is 20.4. The molecule has 1 saturated heterocycles. The molecular formula is C28H36ClN3O. The smallest absolute Gasteiger partial charge is 0.152 e. The van der Waals surface area contributed by atoms with E-state index in [2.05, 4.69) is 72.7 Å². The molecule has 2 aromatic carbocycles. The van der Waals surface area contributed by atoms with E-state index in [4.69, 9.17) is 21.3 Å². The molecule has 4 rings (SSSR count). The summed E-state index contributed by atoms with van der Waals surface area (Å²) >= 11 is 6.86. The first kappa shape index (κ1) is 23.8. The van der Waals surface area contributed by atoms with Gasteiger partial charge in [-0.2, -0.15) is 0 Å². The minimum Gasteiger partial charge on any atom is -0.497 e. The molecule has 0 unspecified atom stereocenters. The molecule has 1 aliphatic rings. The lowest BCUT2D eigenvalue weighted by Crippen LogP contribution is -2.33. The maximum absolute atomic E-state index is 6.86. The van der Waals surface area contributed by atoms with Gasteiger partial charge in [0, 0.05) is 24.7 Å². The van der Waals surface area contributed by atoms with Gasteiger partial charge in [-0.05, 0) is 68.5 Å². The zero-order valence-corrected chi connectivity index (χ0v) is 21.2. The fourth-order valence-electron chi connectivity index (χ4n) is 5.10. The van der Waals surface area contributed by atoms with E-state index in [9.17, 15) is 0 Å². The molecule has 0 bridgehead atoms.